The molecule has 4 aliphatic rings. The lowest BCUT2D eigenvalue weighted by Gasteiger charge is -2.60. The lowest BCUT2D eigenvalue weighted by molar-refractivity contribution is -0.172. The average Bonchev–Trinajstić information content (AvgIpc) is 3.57. The number of piperazine rings is 1. The first kappa shape index (κ1) is 34.6. The second kappa shape index (κ2) is 12.8. The molecule has 0 radical (unpaired) electrons. The van der Waals surface area contributed by atoms with Crippen molar-refractivity contribution in [3.63, 3.8) is 0 Å². The predicted molar refractivity (Wildman–Crippen MR) is 178 cm³/mol. The number of likely N-dealkylation sites (N-methyl/N-ethyl adjacent to an activating group) is 1. The number of aliphatic hydroxyl groups is 1. The maximum absolute atomic E-state index is 13.3. The topological polar surface area (TPSA) is 130 Å². The summed E-state index contributed by atoms with van der Waals surface area (Å²) in [6.45, 7) is 4.76. The number of hydrogen-bond acceptors (Lipinski definition) is 10. The van der Waals surface area contributed by atoms with Gasteiger partial charge in [-0.2, -0.15) is 13.2 Å². The molecule has 1 amide bonds. The monoisotopic (exact) mass is 709 g/mol. The smallest absolute Gasteiger partial charge is 0.416 e. The summed E-state index contributed by atoms with van der Waals surface area (Å²) in [5.41, 5.74) is 3.45. The number of aliphatic hydroxyl groups excluding tert-OH is 1. The Bertz CT molecular complexity index is 1960. The first-order valence-corrected chi connectivity index (χ1v) is 16.5. The van der Waals surface area contributed by atoms with Crippen molar-refractivity contribution in [3.05, 3.63) is 80.9 Å². The number of aryl methyl sites for hydroxylation is 1. The van der Waals surface area contributed by atoms with Crippen LogP contribution < -0.4 is 24.3 Å². The number of ether oxygens (including phenoxy) is 4. The summed E-state index contributed by atoms with van der Waals surface area (Å²) in [6, 6.07) is 4.48. The average molecular weight is 710 g/mol. The summed E-state index contributed by atoms with van der Waals surface area (Å²) in [4.78, 5) is 29.7. The zero-order valence-corrected chi connectivity index (χ0v) is 28.6. The molecule has 1 unspecified atom stereocenters. The van der Waals surface area contributed by atoms with Crippen LogP contribution in [0.4, 0.5) is 13.2 Å². The molecule has 5 atom stereocenters. The van der Waals surface area contributed by atoms with Gasteiger partial charge in [0.05, 0.1) is 30.8 Å². The van der Waals surface area contributed by atoms with E-state index in [2.05, 4.69) is 5.32 Å². The molecule has 0 aliphatic carbocycles. The number of alkyl halides is 3. The van der Waals surface area contributed by atoms with Gasteiger partial charge >= 0.3 is 12.1 Å². The molecule has 0 saturated carbocycles. The van der Waals surface area contributed by atoms with Gasteiger partial charge in [-0.05, 0) is 68.6 Å². The Balaban J connectivity index is 1.33. The van der Waals surface area contributed by atoms with E-state index in [9.17, 15) is 33.0 Å². The summed E-state index contributed by atoms with van der Waals surface area (Å²) < 4.78 is 63.1. The molecule has 3 N–H and O–H groups in total. The molecule has 11 nitrogen and oxygen atoms in total. The lowest BCUT2D eigenvalue weighted by Crippen LogP contribution is -2.69. The van der Waals surface area contributed by atoms with Crippen LogP contribution in [0.1, 0.15) is 63.5 Å². The molecule has 1 fully saturated rings. The fourth-order valence-electron chi connectivity index (χ4n) is 8.37. The molecule has 3 aromatic carbocycles. The van der Waals surface area contributed by atoms with Gasteiger partial charge in [0.1, 0.15) is 12.0 Å². The zero-order chi connectivity index (χ0) is 36.5. The molecule has 270 valence electrons. The maximum Gasteiger partial charge on any atom is 0.416 e. The number of esters is 1. The quantitative estimate of drug-likeness (QED) is 0.188. The highest BCUT2D eigenvalue weighted by atomic mass is 19.4. The van der Waals surface area contributed by atoms with E-state index >= 15 is 0 Å². The standard InChI is InChI=1S/C37H38F3N3O8/c1-17-11-21-13-25-36(47)43-24(30(42(25)4)28(21)31(46)32(17)48-5)14-23-29(35-34(49-16-50-35)18(2)33(23)51-19(3)44)26(43)15-41-27(45)10-9-20-7-6-8-22(12-20)37(38,39)40/h6-12,24-26,30,36,46-47H,13-16H2,1-5H3,(H,41,45)/b10-9+/t24?,25-,26-,30-,36-/m0/s1. The molecule has 2 bridgehead atoms. The summed E-state index contributed by atoms with van der Waals surface area (Å²) in [7, 11) is 3.39. The molecule has 1 saturated heterocycles. The van der Waals surface area contributed by atoms with Crippen molar-refractivity contribution in [1.29, 1.82) is 0 Å². The molecule has 7 rings (SSSR count). The fourth-order valence-corrected chi connectivity index (χ4v) is 8.37. The largest absolute Gasteiger partial charge is 0.504 e. The van der Waals surface area contributed by atoms with Crippen molar-refractivity contribution < 1.29 is 51.9 Å². The number of carbonyl (C=O) groups excluding carboxylic acids is 2. The third-order valence-electron chi connectivity index (χ3n) is 10.5. The van der Waals surface area contributed by atoms with Crippen LogP contribution >= 0.6 is 0 Å². The van der Waals surface area contributed by atoms with Gasteiger partial charge < -0.3 is 34.5 Å². The maximum atomic E-state index is 13.3. The molecular weight excluding hydrogens is 671 g/mol. The molecule has 14 heteroatoms. The number of aromatic hydroxyl groups is 1. The van der Waals surface area contributed by atoms with E-state index in [4.69, 9.17) is 18.9 Å². The van der Waals surface area contributed by atoms with Crippen LogP contribution in [0.2, 0.25) is 0 Å². The summed E-state index contributed by atoms with van der Waals surface area (Å²) in [5.74, 6) is 0.325. The zero-order valence-electron chi connectivity index (χ0n) is 28.6. The van der Waals surface area contributed by atoms with Crippen molar-refractivity contribution in [1.82, 2.24) is 15.1 Å². The van der Waals surface area contributed by atoms with Crippen LogP contribution in [0.3, 0.4) is 0 Å². The van der Waals surface area contributed by atoms with Crippen molar-refractivity contribution >= 4 is 18.0 Å². The van der Waals surface area contributed by atoms with E-state index in [1.54, 1.807) is 6.92 Å². The Morgan fingerprint density at radius 3 is 2.53 bits per heavy atom. The molecule has 4 heterocycles. The molecule has 3 aromatic rings. The highest BCUT2D eigenvalue weighted by Gasteiger charge is 2.56. The van der Waals surface area contributed by atoms with Crippen molar-refractivity contribution in [3.8, 4) is 28.7 Å². The Morgan fingerprint density at radius 1 is 1.08 bits per heavy atom. The van der Waals surface area contributed by atoms with Crippen LogP contribution in [0.5, 0.6) is 28.7 Å². The Labute approximate surface area is 292 Å². The number of carbonyl (C=O) groups is 2. The van der Waals surface area contributed by atoms with E-state index in [-0.39, 0.29) is 31.1 Å². The number of benzene rings is 3. The highest BCUT2D eigenvalue weighted by molar-refractivity contribution is 5.91. The molecule has 51 heavy (non-hydrogen) atoms. The Hall–Kier alpha value is -4.79. The number of halogens is 3. The SMILES string of the molecule is COc1c(C)cc2c(c1O)[C@@H]1C3Cc4c(OC(C)=O)c(C)c5c(c4[C@H](CNC(=O)/C=C/c4cccc(C(F)(F)F)c4)N3[C@@H](O)[C@H](C2)N1C)OCO5. The van der Waals surface area contributed by atoms with Gasteiger partial charge in [-0.3, -0.25) is 19.4 Å². The second-order valence-corrected chi connectivity index (χ2v) is 13.4. The van der Waals surface area contributed by atoms with Gasteiger partial charge in [-0.25, -0.2) is 0 Å². The second-order valence-electron chi connectivity index (χ2n) is 13.4. The van der Waals surface area contributed by atoms with Crippen LogP contribution in [0.25, 0.3) is 6.08 Å². The minimum atomic E-state index is -4.53. The van der Waals surface area contributed by atoms with E-state index < -0.39 is 54.0 Å². The van der Waals surface area contributed by atoms with Crippen LogP contribution in [0.15, 0.2) is 36.4 Å². The van der Waals surface area contributed by atoms with Crippen LogP contribution in [0, 0.1) is 13.8 Å². The first-order valence-electron chi connectivity index (χ1n) is 16.5. The predicted octanol–water partition coefficient (Wildman–Crippen LogP) is 4.72. The minimum absolute atomic E-state index is 0.0107. The minimum Gasteiger partial charge on any atom is -0.504 e. The van der Waals surface area contributed by atoms with E-state index in [0.717, 1.165) is 29.3 Å². The number of nitrogens with one attached hydrogen (secondary N) is 1. The van der Waals surface area contributed by atoms with E-state index in [1.807, 2.05) is 29.8 Å². The number of hydrogen-bond donors (Lipinski definition) is 3. The summed E-state index contributed by atoms with van der Waals surface area (Å²) in [6.07, 6.45) is -2.46. The number of amides is 1. The van der Waals surface area contributed by atoms with Gasteiger partial charge in [0.2, 0.25) is 12.7 Å². The van der Waals surface area contributed by atoms with Crippen molar-refractivity contribution in [2.45, 2.75) is 70.2 Å². The Morgan fingerprint density at radius 2 is 1.82 bits per heavy atom. The lowest BCUT2D eigenvalue weighted by atomic mass is 9.73. The highest BCUT2D eigenvalue weighted by Crippen LogP contribution is 2.58. The number of fused-ring (bicyclic) bond motifs is 9. The molecule has 0 spiro atoms. The third-order valence-corrected chi connectivity index (χ3v) is 10.5. The number of phenols is 1. The molecule has 4 aliphatic heterocycles. The van der Waals surface area contributed by atoms with Gasteiger partial charge in [-0.1, -0.05) is 18.2 Å². The van der Waals surface area contributed by atoms with Crippen LogP contribution in [-0.2, 0) is 28.6 Å². The fraction of sp³-hybridized carbons (Fsp3) is 0.405. The number of phenolic OH excluding ortho intramolecular Hbond substituents is 1. The third kappa shape index (κ3) is 5.75. The number of rotatable bonds is 6. The number of nitrogens with zero attached hydrogens (tertiary/aromatic N) is 2. The Kier molecular flexibility index (Phi) is 8.67. The van der Waals surface area contributed by atoms with Gasteiger partial charge in [0, 0.05) is 47.8 Å². The molecule has 0 aromatic heterocycles. The first-order chi connectivity index (χ1) is 24.2. The van der Waals surface area contributed by atoms with Gasteiger partial charge in [-0.15, -0.1) is 0 Å². The van der Waals surface area contributed by atoms with E-state index in [0.29, 0.717) is 51.7 Å². The molecular formula is C37H38F3N3O8. The van der Waals surface area contributed by atoms with E-state index in [1.165, 1.54) is 32.2 Å². The van der Waals surface area contributed by atoms with Gasteiger partial charge in [0.15, 0.2) is 23.0 Å². The number of methoxy groups -OCH3 is 1. The van der Waals surface area contributed by atoms with Crippen molar-refractivity contribution in [2.75, 3.05) is 27.5 Å². The summed E-state index contributed by atoms with van der Waals surface area (Å²) in [5, 5.41) is 26.7. The normalized spacial score (nSPS) is 23.7. The summed E-state index contributed by atoms with van der Waals surface area (Å²) >= 11 is 0. The van der Waals surface area contributed by atoms with Crippen molar-refractivity contribution in [2.24, 2.45) is 0 Å². The van der Waals surface area contributed by atoms with Gasteiger partial charge in [0.25, 0.3) is 0 Å². The van der Waals surface area contributed by atoms with Crippen LogP contribution in [-0.4, -0.2) is 77.7 Å².